The lowest BCUT2D eigenvalue weighted by atomic mass is 10.1. The van der Waals surface area contributed by atoms with Crippen LogP contribution in [0, 0.1) is 0 Å². The van der Waals surface area contributed by atoms with Crippen molar-refractivity contribution in [3.63, 3.8) is 0 Å². The van der Waals surface area contributed by atoms with Crippen molar-refractivity contribution in [1.82, 2.24) is 4.90 Å². The molecule has 0 aliphatic rings. The van der Waals surface area contributed by atoms with Gasteiger partial charge in [-0.3, -0.25) is 4.79 Å². The molecule has 3 rings (SSSR count). The lowest BCUT2D eigenvalue weighted by Gasteiger charge is -2.22. The van der Waals surface area contributed by atoms with Crippen molar-refractivity contribution < 1.29 is 9.21 Å². The van der Waals surface area contributed by atoms with Crippen LogP contribution in [0.2, 0.25) is 10.0 Å². The summed E-state index contributed by atoms with van der Waals surface area (Å²) in [5, 5.41) is 1.24. The van der Waals surface area contributed by atoms with Crippen molar-refractivity contribution >= 4 is 29.1 Å². The van der Waals surface area contributed by atoms with Crippen LogP contribution in [0.4, 0.5) is 0 Å². The number of hydrogen-bond acceptors (Lipinski definition) is 2. The zero-order chi connectivity index (χ0) is 16.9. The fourth-order valence-electron chi connectivity index (χ4n) is 2.42. The van der Waals surface area contributed by atoms with Gasteiger partial charge in [-0.25, -0.2) is 0 Å². The maximum Gasteiger partial charge on any atom is 0.254 e. The van der Waals surface area contributed by atoms with Gasteiger partial charge in [0.25, 0.3) is 5.91 Å². The third kappa shape index (κ3) is 4.19. The van der Waals surface area contributed by atoms with Crippen LogP contribution in [0.25, 0.3) is 0 Å². The molecule has 0 saturated heterocycles. The fourth-order valence-corrected chi connectivity index (χ4v) is 2.76. The van der Waals surface area contributed by atoms with Crippen molar-refractivity contribution in [3.8, 4) is 0 Å². The zero-order valence-corrected chi connectivity index (χ0v) is 14.3. The average Bonchev–Trinajstić information content (AvgIpc) is 3.07. The minimum Gasteiger partial charge on any atom is -0.467 e. The van der Waals surface area contributed by atoms with Gasteiger partial charge in [0.05, 0.1) is 12.8 Å². The Balaban J connectivity index is 1.86. The smallest absolute Gasteiger partial charge is 0.254 e. The number of carbonyl (C=O) groups excluding carboxylic acids is 1. The summed E-state index contributed by atoms with van der Waals surface area (Å²) in [4.78, 5) is 14.6. The Morgan fingerprint density at radius 2 is 1.71 bits per heavy atom. The standard InChI is InChI=1S/C19H15Cl2NO2/c20-16-8-6-15(7-9-16)19(23)22(13-18-5-2-10-24-18)12-14-3-1-4-17(21)11-14/h1-11H,12-13H2. The molecule has 24 heavy (non-hydrogen) atoms. The van der Waals surface area contributed by atoms with E-state index in [1.807, 2.05) is 30.3 Å². The van der Waals surface area contributed by atoms with Gasteiger partial charge >= 0.3 is 0 Å². The third-order valence-electron chi connectivity index (χ3n) is 3.57. The number of rotatable bonds is 5. The highest BCUT2D eigenvalue weighted by Gasteiger charge is 2.18. The number of carbonyl (C=O) groups is 1. The molecule has 0 atom stereocenters. The van der Waals surface area contributed by atoms with E-state index in [2.05, 4.69) is 0 Å². The van der Waals surface area contributed by atoms with E-state index in [1.165, 1.54) is 0 Å². The maximum atomic E-state index is 12.9. The van der Waals surface area contributed by atoms with E-state index >= 15 is 0 Å². The first kappa shape index (κ1) is 16.6. The first-order chi connectivity index (χ1) is 11.6. The van der Waals surface area contributed by atoms with Crippen molar-refractivity contribution in [2.45, 2.75) is 13.1 Å². The van der Waals surface area contributed by atoms with E-state index in [0.717, 1.165) is 11.3 Å². The van der Waals surface area contributed by atoms with E-state index in [-0.39, 0.29) is 5.91 Å². The first-order valence-electron chi connectivity index (χ1n) is 7.43. The molecular weight excluding hydrogens is 345 g/mol. The number of halogens is 2. The van der Waals surface area contributed by atoms with Crippen LogP contribution < -0.4 is 0 Å². The second kappa shape index (κ2) is 7.56. The summed E-state index contributed by atoms with van der Waals surface area (Å²) in [6, 6.07) is 18.0. The van der Waals surface area contributed by atoms with Crippen molar-refractivity contribution in [2.75, 3.05) is 0 Å². The molecule has 0 spiro atoms. The summed E-state index contributed by atoms with van der Waals surface area (Å²) in [6.45, 7) is 0.809. The van der Waals surface area contributed by atoms with Gasteiger partial charge in [-0.1, -0.05) is 35.3 Å². The summed E-state index contributed by atoms with van der Waals surface area (Å²) in [5.74, 6) is 0.627. The van der Waals surface area contributed by atoms with Gasteiger partial charge in [0.15, 0.2) is 0 Å². The number of benzene rings is 2. The molecule has 2 aromatic carbocycles. The summed E-state index contributed by atoms with van der Waals surface area (Å²) in [6.07, 6.45) is 1.60. The van der Waals surface area contributed by atoms with Crippen LogP contribution >= 0.6 is 23.2 Å². The van der Waals surface area contributed by atoms with Crippen LogP contribution in [0.5, 0.6) is 0 Å². The van der Waals surface area contributed by atoms with Crippen LogP contribution in [-0.4, -0.2) is 10.8 Å². The molecule has 0 radical (unpaired) electrons. The van der Waals surface area contributed by atoms with E-state index in [0.29, 0.717) is 28.7 Å². The van der Waals surface area contributed by atoms with Gasteiger partial charge in [0, 0.05) is 22.2 Å². The summed E-state index contributed by atoms with van der Waals surface area (Å²) < 4.78 is 5.39. The lowest BCUT2D eigenvalue weighted by molar-refractivity contribution is 0.0717. The van der Waals surface area contributed by atoms with Gasteiger partial charge in [-0.2, -0.15) is 0 Å². The second-order valence-electron chi connectivity index (χ2n) is 5.38. The first-order valence-corrected chi connectivity index (χ1v) is 8.19. The molecule has 122 valence electrons. The van der Waals surface area contributed by atoms with Crippen molar-refractivity contribution in [1.29, 1.82) is 0 Å². The molecule has 0 aliphatic heterocycles. The summed E-state index contributed by atoms with van der Waals surface area (Å²) >= 11 is 12.0. The highest BCUT2D eigenvalue weighted by Crippen LogP contribution is 2.18. The topological polar surface area (TPSA) is 33.5 Å². The summed E-state index contributed by atoms with van der Waals surface area (Å²) in [5.41, 5.74) is 1.53. The number of furan rings is 1. The Kier molecular flexibility index (Phi) is 5.24. The van der Waals surface area contributed by atoms with Crippen LogP contribution in [0.15, 0.2) is 71.3 Å². The number of hydrogen-bond donors (Lipinski definition) is 0. The normalized spacial score (nSPS) is 10.6. The number of amides is 1. The predicted molar refractivity (Wildman–Crippen MR) is 95.2 cm³/mol. The zero-order valence-electron chi connectivity index (χ0n) is 12.8. The quantitative estimate of drug-likeness (QED) is 0.608. The molecule has 0 saturated carbocycles. The monoisotopic (exact) mass is 359 g/mol. The van der Waals surface area contributed by atoms with Crippen molar-refractivity contribution in [3.05, 3.63) is 93.9 Å². The molecule has 1 amide bonds. The minimum absolute atomic E-state index is 0.0944. The SMILES string of the molecule is O=C(c1ccc(Cl)cc1)N(Cc1cccc(Cl)c1)Cc1ccco1. The van der Waals surface area contributed by atoms with E-state index in [4.69, 9.17) is 27.6 Å². The average molecular weight is 360 g/mol. The van der Waals surface area contributed by atoms with Gasteiger partial charge in [-0.05, 0) is 54.1 Å². The molecule has 1 aromatic heterocycles. The maximum absolute atomic E-state index is 12.9. The number of nitrogens with zero attached hydrogens (tertiary/aromatic N) is 1. The molecule has 3 aromatic rings. The molecule has 1 heterocycles. The van der Waals surface area contributed by atoms with Crippen LogP contribution in [0.1, 0.15) is 21.7 Å². The molecule has 0 fully saturated rings. The van der Waals surface area contributed by atoms with Crippen LogP contribution in [-0.2, 0) is 13.1 Å². The van der Waals surface area contributed by atoms with Gasteiger partial charge in [0.1, 0.15) is 5.76 Å². The Labute approximate surface area is 150 Å². The Bertz CT molecular complexity index is 814. The third-order valence-corrected chi connectivity index (χ3v) is 4.05. The Hall–Kier alpha value is -2.23. The van der Waals surface area contributed by atoms with Crippen molar-refractivity contribution in [2.24, 2.45) is 0 Å². The molecule has 0 N–H and O–H groups in total. The Morgan fingerprint density at radius 1 is 0.917 bits per heavy atom. The molecule has 0 unspecified atom stereocenters. The molecule has 0 aliphatic carbocycles. The fraction of sp³-hybridized carbons (Fsp3) is 0.105. The molecule has 5 heteroatoms. The highest BCUT2D eigenvalue weighted by molar-refractivity contribution is 6.30. The van der Waals surface area contributed by atoms with Gasteiger partial charge < -0.3 is 9.32 Å². The van der Waals surface area contributed by atoms with E-state index in [9.17, 15) is 4.79 Å². The second-order valence-corrected chi connectivity index (χ2v) is 6.25. The molecular formula is C19H15Cl2NO2. The highest BCUT2D eigenvalue weighted by atomic mass is 35.5. The van der Waals surface area contributed by atoms with E-state index < -0.39 is 0 Å². The largest absolute Gasteiger partial charge is 0.467 e. The predicted octanol–water partition coefficient (Wildman–Crippen LogP) is 5.43. The molecule has 3 nitrogen and oxygen atoms in total. The minimum atomic E-state index is -0.0944. The Morgan fingerprint density at radius 3 is 2.38 bits per heavy atom. The lowest BCUT2D eigenvalue weighted by Crippen LogP contribution is -2.30. The summed E-state index contributed by atoms with van der Waals surface area (Å²) in [7, 11) is 0. The molecule has 0 bridgehead atoms. The van der Waals surface area contributed by atoms with Gasteiger partial charge in [-0.15, -0.1) is 0 Å². The van der Waals surface area contributed by atoms with Crippen LogP contribution in [0.3, 0.4) is 0 Å². The van der Waals surface area contributed by atoms with E-state index in [1.54, 1.807) is 41.5 Å². The van der Waals surface area contributed by atoms with Gasteiger partial charge in [0.2, 0.25) is 0 Å².